The summed E-state index contributed by atoms with van der Waals surface area (Å²) in [6.45, 7) is 9.90. The molecule has 5 nitrogen and oxygen atoms in total. The Kier molecular flexibility index (Phi) is 6.36. The molecule has 1 atom stereocenters. The number of rotatable bonds is 5. The minimum atomic E-state index is -0.490. The van der Waals surface area contributed by atoms with Crippen molar-refractivity contribution in [2.24, 2.45) is 11.8 Å². The molecular weight excluding hydrogens is 208 g/mol. The van der Waals surface area contributed by atoms with Gasteiger partial charge in [-0.25, -0.2) is 10.7 Å². The first-order valence-electron chi connectivity index (χ1n) is 5.55. The van der Waals surface area contributed by atoms with Crippen molar-refractivity contribution in [2.45, 2.75) is 52.7 Å². The molecule has 5 heteroatoms. The van der Waals surface area contributed by atoms with E-state index in [1.807, 2.05) is 20.8 Å². The van der Waals surface area contributed by atoms with E-state index in [1.165, 1.54) is 0 Å². The molecular formula is C11H24N2O3. The first-order chi connectivity index (χ1) is 7.24. The molecule has 3 N–H and O–H groups in total. The zero-order valence-corrected chi connectivity index (χ0v) is 10.9. The monoisotopic (exact) mass is 232 g/mol. The molecule has 0 aromatic heterocycles. The van der Waals surface area contributed by atoms with Gasteiger partial charge in [0.2, 0.25) is 0 Å². The average molecular weight is 232 g/mol. The molecule has 1 unspecified atom stereocenters. The van der Waals surface area contributed by atoms with Crippen molar-refractivity contribution in [3.05, 3.63) is 0 Å². The molecule has 1 amide bonds. The maximum absolute atomic E-state index is 11.5. The fourth-order valence-corrected chi connectivity index (χ4v) is 1.33. The quantitative estimate of drug-likeness (QED) is 0.709. The summed E-state index contributed by atoms with van der Waals surface area (Å²) in [6, 6.07) is -0.111. The minimum Gasteiger partial charge on any atom is -0.444 e. The van der Waals surface area contributed by atoms with Crippen molar-refractivity contribution in [1.82, 2.24) is 5.32 Å². The summed E-state index contributed by atoms with van der Waals surface area (Å²) in [5.41, 5.74) is -0.490. The molecule has 0 rings (SSSR count). The number of amides is 1. The van der Waals surface area contributed by atoms with Crippen LogP contribution >= 0.6 is 0 Å². The van der Waals surface area contributed by atoms with Gasteiger partial charge in [0, 0.05) is 0 Å². The Labute approximate surface area is 97.6 Å². The fraction of sp³-hybridized carbons (Fsp3) is 0.909. The normalized spacial score (nSPS) is 13.7. The smallest absolute Gasteiger partial charge is 0.407 e. The highest BCUT2D eigenvalue weighted by atomic mass is 16.6. The predicted octanol–water partition coefficient (Wildman–Crippen LogP) is 1.82. The maximum atomic E-state index is 11.5. The van der Waals surface area contributed by atoms with Crippen LogP contribution in [0.3, 0.4) is 0 Å². The Balaban J connectivity index is 4.12. The number of nitrogens with two attached hydrogens (primary N) is 1. The SMILES string of the molecule is CC(C)CC(CON)NC(=O)OC(C)(C)C. The van der Waals surface area contributed by atoms with Crippen LogP contribution in [0.5, 0.6) is 0 Å². The van der Waals surface area contributed by atoms with Gasteiger partial charge in [0.15, 0.2) is 0 Å². The van der Waals surface area contributed by atoms with Gasteiger partial charge in [0.1, 0.15) is 5.60 Å². The number of carbonyl (C=O) groups excluding carboxylic acids is 1. The number of carbonyl (C=O) groups is 1. The average Bonchev–Trinajstić information content (AvgIpc) is 1.98. The molecule has 0 aliphatic rings. The van der Waals surface area contributed by atoms with Gasteiger partial charge in [-0.05, 0) is 33.1 Å². The summed E-state index contributed by atoms with van der Waals surface area (Å²) >= 11 is 0. The van der Waals surface area contributed by atoms with Crippen LogP contribution in [0.1, 0.15) is 41.0 Å². The Hall–Kier alpha value is -0.810. The third-order valence-corrected chi connectivity index (χ3v) is 1.77. The van der Waals surface area contributed by atoms with Crippen molar-refractivity contribution in [3.63, 3.8) is 0 Å². The van der Waals surface area contributed by atoms with E-state index in [0.29, 0.717) is 5.92 Å². The van der Waals surface area contributed by atoms with Crippen molar-refractivity contribution in [3.8, 4) is 0 Å². The highest BCUT2D eigenvalue weighted by molar-refractivity contribution is 5.68. The third kappa shape index (κ3) is 8.49. The van der Waals surface area contributed by atoms with Crippen LogP contribution < -0.4 is 11.2 Å². The molecule has 0 bridgehead atoms. The molecule has 0 spiro atoms. The van der Waals surface area contributed by atoms with Crippen LogP contribution in [0.2, 0.25) is 0 Å². The van der Waals surface area contributed by atoms with Gasteiger partial charge in [-0.3, -0.25) is 0 Å². The molecule has 0 aliphatic heterocycles. The Bertz CT molecular complexity index is 212. The molecule has 0 aliphatic carbocycles. The fourth-order valence-electron chi connectivity index (χ4n) is 1.33. The van der Waals surface area contributed by atoms with Crippen LogP contribution in [0, 0.1) is 5.92 Å². The molecule has 0 fully saturated rings. The number of ether oxygens (including phenoxy) is 1. The van der Waals surface area contributed by atoms with E-state index in [0.717, 1.165) is 6.42 Å². The van der Waals surface area contributed by atoms with Gasteiger partial charge in [0.25, 0.3) is 0 Å². The van der Waals surface area contributed by atoms with Gasteiger partial charge >= 0.3 is 6.09 Å². The van der Waals surface area contributed by atoms with Crippen molar-refractivity contribution in [1.29, 1.82) is 0 Å². The maximum Gasteiger partial charge on any atom is 0.407 e. The van der Waals surface area contributed by atoms with Crippen molar-refractivity contribution in [2.75, 3.05) is 6.61 Å². The minimum absolute atomic E-state index is 0.111. The highest BCUT2D eigenvalue weighted by Gasteiger charge is 2.20. The predicted molar refractivity (Wildman–Crippen MR) is 62.8 cm³/mol. The van der Waals surface area contributed by atoms with Crippen LogP contribution in [-0.4, -0.2) is 24.3 Å². The zero-order valence-electron chi connectivity index (χ0n) is 10.9. The lowest BCUT2D eigenvalue weighted by atomic mass is 10.0. The molecule has 0 aromatic rings. The first-order valence-corrected chi connectivity index (χ1v) is 5.55. The summed E-state index contributed by atoms with van der Waals surface area (Å²) < 4.78 is 5.15. The molecule has 0 aromatic carbocycles. The molecule has 0 saturated heterocycles. The van der Waals surface area contributed by atoms with Crippen LogP contribution in [0.4, 0.5) is 4.79 Å². The standard InChI is InChI=1S/C11H24N2O3/c1-8(2)6-9(7-15-12)13-10(14)16-11(3,4)5/h8-9H,6-7,12H2,1-5H3,(H,13,14). The largest absolute Gasteiger partial charge is 0.444 e. The number of hydrogen-bond acceptors (Lipinski definition) is 4. The summed E-state index contributed by atoms with van der Waals surface area (Å²) in [4.78, 5) is 16.1. The van der Waals surface area contributed by atoms with E-state index in [9.17, 15) is 4.79 Å². The van der Waals surface area contributed by atoms with E-state index in [4.69, 9.17) is 10.6 Å². The molecule has 0 saturated carbocycles. The van der Waals surface area contributed by atoms with E-state index < -0.39 is 11.7 Å². The van der Waals surface area contributed by atoms with E-state index in [2.05, 4.69) is 24.0 Å². The van der Waals surface area contributed by atoms with Gasteiger partial charge in [0.05, 0.1) is 12.6 Å². The van der Waals surface area contributed by atoms with Crippen molar-refractivity contribution < 1.29 is 14.4 Å². The lowest BCUT2D eigenvalue weighted by molar-refractivity contribution is 0.0428. The summed E-state index contributed by atoms with van der Waals surface area (Å²) in [5, 5.41) is 2.74. The van der Waals surface area contributed by atoms with Gasteiger partial charge in [-0.15, -0.1) is 0 Å². The van der Waals surface area contributed by atoms with Crippen molar-refractivity contribution >= 4 is 6.09 Å². The molecule has 0 heterocycles. The summed E-state index contributed by atoms with van der Waals surface area (Å²) in [7, 11) is 0. The van der Waals surface area contributed by atoms with Crippen LogP contribution in [0.25, 0.3) is 0 Å². The zero-order chi connectivity index (χ0) is 12.8. The Morgan fingerprint density at radius 3 is 2.31 bits per heavy atom. The molecule has 96 valence electrons. The topological polar surface area (TPSA) is 73.6 Å². The number of alkyl carbamates (subject to hydrolysis) is 1. The van der Waals surface area contributed by atoms with Gasteiger partial charge in [-0.2, -0.15) is 0 Å². The number of hydrogen-bond donors (Lipinski definition) is 2. The Morgan fingerprint density at radius 2 is 1.94 bits per heavy atom. The highest BCUT2D eigenvalue weighted by Crippen LogP contribution is 2.09. The summed E-state index contributed by atoms with van der Waals surface area (Å²) in [6.07, 6.45) is 0.367. The van der Waals surface area contributed by atoms with E-state index >= 15 is 0 Å². The first kappa shape index (κ1) is 15.2. The van der Waals surface area contributed by atoms with Crippen LogP contribution in [-0.2, 0) is 9.57 Å². The second kappa shape index (κ2) is 6.70. The van der Waals surface area contributed by atoms with Crippen LogP contribution in [0.15, 0.2) is 0 Å². The molecule has 16 heavy (non-hydrogen) atoms. The second-order valence-electron chi connectivity index (χ2n) is 5.31. The lowest BCUT2D eigenvalue weighted by Crippen LogP contribution is -2.42. The second-order valence-corrected chi connectivity index (χ2v) is 5.31. The molecule has 0 radical (unpaired) electrons. The van der Waals surface area contributed by atoms with E-state index in [1.54, 1.807) is 0 Å². The van der Waals surface area contributed by atoms with Gasteiger partial charge < -0.3 is 14.9 Å². The van der Waals surface area contributed by atoms with Gasteiger partial charge in [-0.1, -0.05) is 13.8 Å². The Morgan fingerprint density at radius 1 is 1.38 bits per heavy atom. The third-order valence-electron chi connectivity index (χ3n) is 1.77. The summed E-state index contributed by atoms with van der Waals surface area (Å²) in [5.74, 6) is 5.47. The van der Waals surface area contributed by atoms with E-state index in [-0.39, 0.29) is 12.6 Å². The lowest BCUT2D eigenvalue weighted by Gasteiger charge is -2.24. The number of nitrogens with one attached hydrogen (secondary N) is 1.